The molecule has 258 valence electrons. The van der Waals surface area contributed by atoms with Crippen molar-refractivity contribution in [3.63, 3.8) is 0 Å². The second kappa shape index (κ2) is 12.3. The lowest BCUT2D eigenvalue weighted by Gasteiger charge is -2.20. The van der Waals surface area contributed by atoms with Gasteiger partial charge in [0, 0.05) is 44.0 Å². The smallest absolute Gasteiger partial charge is 0.0992 e. The van der Waals surface area contributed by atoms with E-state index in [4.69, 9.17) is 0 Å². The molecule has 4 heteroatoms. The standard InChI is InChI=1S/C52H30N4/c53-31-33-13-9-15-35(29-33)55-47-27-7-5-17-37(47)43-23-11-25-45(51(43)55)49-39-19-1-2-20-40(39)50(42-22-4-3-21-41(42)49)46-26-12-24-44-38-18-6-8-28-48(38)56(52(44)46)36-16-10-14-34(30-36)32-54/h1-30H. The third-order valence-corrected chi connectivity index (χ3v) is 11.3. The van der Waals surface area contributed by atoms with Crippen molar-refractivity contribution < 1.29 is 0 Å². The van der Waals surface area contributed by atoms with Gasteiger partial charge in [0.15, 0.2) is 0 Å². The average molecular weight is 711 g/mol. The first-order valence-corrected chi connectivity index (χ1v) is 18.7. The summed E-state index contributed by atoms with van der Waals surface area (Å²) in [4.78, 5) is 0. The molecule has 0 radical (unpaired) electrons. The number of aromatic nitrogens is 2. The molecule has 0 amide bonds. The van der Waals surface area contributed by atoms with E-state index in [1.807, 2.05) is 36.4 Å². The largest absolute Gasteiger partial charge is 0.309 e. The van der Waals surface area contributed by atoms with Gasteiger partial charge in [-0.15, -0.1) is 0 Å². The number of nitrogens with zero attached hydrogens (tertiary/aromatic N) is 4. The van der Waals surface area contributed by atoms with Crippen molar-refractivity contribution in [1.29, 1.82) is 10.5 Å². The van der Waals surface area contributed by atoms with Gasteiger partial charge in [0.1, 0.15) is 0 Å². The molecule has 2 aromatic heterocycles. The molecule has 0 atom stereocenters. The van der Waals surface area contributed by atoms with Gasteiger partial charge in [0.05, 0.1) is 45.3 Å². The number of nitriles is 2. The zero-order valence-corrected chi connectivity index (χ0v) is 30.1. The summed E-state index contributed by atoms with van der Waals surface area (Å²) >= 11 is 0. The molecular formula is C52H30N4. The van der Waals surface area contributed by atoms with Crippen molar-refractivity contribution in [2.45, 2.75) is 0 Å². The summed E-state index contributed by atoms with van der Waals surface area (Å²) in [5.74, 6) is 0. The van der Waals surface area contributed by atoms with Gasteiger partial charge in [0.2, 0.25) is 0 Å². The van der Waals surface area contributed by atoms with Crippen LogP contribution in [0.2, 0.25) is 0 Å². The Bertz CT molecular complexity index is 3220. The molecule has 11 aromatic rings. The monoisotopic (exact) mass is 710 g/mol. The molecule has 0 N–H and O–H groups in total. The summed E-state index contributed by atoms with van der Waals surface area (Å²) in [5.41, 5.74) is 12.1. The Hall–Kier alpha value is -7.92. The van der Waals surface area contributed by atoms with Crippen LogP contribution in [0.15, 0.2) is 182 Å². The maximum Gasteiger partial charge on any atom is 0.0992 e. The molecule has 0 aliphatic heterocycles. The van der Waals surface area contributed by atoms with Gasteiger partial charge >= 0.3 is 0 Å². The number of benzene rings is 9. The first-order valence-electron chi connectivity index (χ1n) is 18.7. The third-order valence-electron chi connectivity index (χ3n) is 11.3. The van der Waals surface area contributed by atoms with Crippen LogP contribution in [0, 0.1) is 22.7 Å². The summed E-state index contributed by atoms with van der Waals surface area (Å²) in [7, 11) is 0. The van der Waals surface area contributed by atoms with Crippen LogP contribution in [0.3, 0.4) is 0 Å². The van der Waals surface area contributed by atoms with Crippen LogP contribution in [0.25, 0.3) is 98.8 Å². The van der Waals surface area contributed by atoms with E-state index in [0.29, 0.717) is 11.1 Å². The molecule has 2 heterocycles. The van der Waals surface area contributed by atoms with Crippen LogP contribution in [-0.2, 0) is 0 Å². The topological polar surface area (TPSA) is 57.4 Å². The quantitative estimate of drug-likeness (QED) is 0.171. The fraction of sp³-hybridized carbons (Fsp3) is 0. The fourth-order valence-corrected chi connectivity index (χ4v) is 9.11. The van der Waals surface area contributed by atoms with Crippen molar-refractivity contribution in [3.05, 3.63) is 193 Å². The molecule has 11 rings (SSSR count). The molecule has 56 heavy (non-hydrogen) atoms. The molecule has 0 spiro atoms. The molecule has 0 unspecified atom stereocenters. The Morgan fingerprint density at radius 2 is 0.661 bits per heavy atom. The normalized spacial score (nSPS) is 11.5. The molecule has 4 nitrogen and oxygen atoms in total. The number of hydrogen-bond acceptors (Lipinski definition) is 2. The molecular weight excluding hydrogens is 681 g/mol. The Labute approximate surface area is 322 Å². The molecule has 0 saturated carbocycles. The van der Waals surface area contributed by atoms with E-state index in [2.05, 4.69) is 167 Å². The van der Waals surface area contributed by atoms with Crippen LogP contribution in [0.1, 0.15) is 11.1 Å². The van der Waals surface area contributed by atoms with Crippen LogP contribution in [-0.4, -0.2) is 9.13 Å². The minimum Gasteiger partial charge on any atom is -0.309 e. The minimum absolute atomic E-state index is 0.622. The third kappa shape index (κ3) is 4.51. The Balaban J connectivity index is 1.30. The van der Waals surface area contributed by atoms with E-state index in [9.17, 15) is 10.5 Å². The van der Waals surface area contributed by atoms with E-state index in [-0.39, 0.29) is 0 Å². The molecule has 9 aromatic carbocycles. The highest BCUT2D eigenvalue weighted by Gasteiger charge is 2.24. The fourth-order valence-electron chi connectivity index (χ4n) is 9.11. The van der Waals surface area contributed by atoms with Gasteiger partial charge in [-0.25, -0.2) is 0 Å². The zero-order chi connectivity index (χ0) is 37.3. The summed E-state index contributed by atoms with van der Waals surface area (Å²) < 4.78 is 4.65. The summed E-state index contributed by atoms with van der Waals surface area (Å²) in [6, 6.07) is 68.5. The molecule has 0 aliphatic rings. The van der Waals surface area contributed by atoms with Gasteiger partial charge in [0.25, 0.3) is 0 Å². The Morgan fingerprint density at radius 3 is 1.05 bits per heavy atom. The Kier molecular flexibility index (Phi) is 6.95. The van der Waals surface area contributed by atoms with Gasteiger partial charge in [-0.05, 0) is 81.2 Å². The van der Waals surface area contributed by atoms with E-state index in [1.54, 1.807) is 0 Å². The van der Waals surface area contributed by atoms with E-state index in [1.165, 1.54) is 11.1 Å². The highest BCUT2D eigenvalue weighted by atomic mass is 15.0. The lowest BCUT2D eigenvalue weighted by Crippen LogP contribution is -1.98. The van der Waals surface area contributed by atoms with Gasteiger partial charge < -0.3 is 9.13 Å². The lowest BCUT2D eigenvalue weighted by molar-refractivity contribution is 1.18. The van der Waals surface area contributed by atoms with E-state index in [0.717, 1.165) is 87.7 Å². The highest BCUT2D eigenvalue weighted by molar-refractivity contribution is 6.27. The zero-order valence-electron chi connectivity index (χ0n) is 30.1. The molecule has 0 bridgehead atoms. The predicted molar refractivity (Wildman–Crippen MR) is 230 cm³/mol. The second-order valence-corrected chi connectivity index (χ2v) is 14.3. The number of rotatable bonds is 4. The Morgan fingerprint density at radius 1 is 0.321 bits per heavy atom. The summed E-state index contributed by atoms with van der Waals surface area (Å²) in [6.45, 7) is 0. The van der Waals surface area contributed by atoms with Gasteiger partial charge in [-0.1, -0.05) is 133 Å². The summed E-state index contributed by atoms with van der Waals surface area (Å²) in [5, 5.41) is 29.1. The SMILES string of the molecule is N#Cc1cccc(-n2c3ccccc3c3cccc(-c4c5ccccc5c(-c5cccc6c7ccccc7n(-c7cccc(C#N)c7)c56)c5ccccc45)c32)c1. The average Bonchev–Trinajstić information content (AvgIpc) is 3.79. The van der Waals surface area contributed by atoms with Crippen LogP contribution >= 0.6 is 0 Å². The summed E-state index contributed by atoms with van der Waals surface area (Å²) in [6.07, 6.45) is 0. The van der Waals surface area contributed by atoms with Crippen molar-refractivity contribution in [2.24, 2.45) is 0 Å². The van der Waals surface area contributed by atoms with Crippen molar-refractivity contribution >= 4 is 65.2 Å². The maximum absolute atomic E-state index is 9.91. The minimum atomic E-state index is 0.622. The van der Waals surface area contributed by atoms with Crippen LogP contribution in [0.5, 0.6) is 0 Å². The lowest BCUT2D eigenvalue weighted by atomic mass is 9.85. The highest BCUT2D eigenvalue weighted by Crippen LogP contribution is 2.49. The molecule has 0 aliphatic carbocycles. The van der Waals surface area contributed by atoms with Crippen molar-refractivity contribution in [1.82, 2.24) is 9.13 Å². The van der Waals surface area contributed by atoms with E-state index < -0.39 is 0 Å². The van der Waals surface area contributed by atoms with Crippen LogP contribution in [0.4, 0.5) is 0 Å². The molecule has 0 fully saturated rings. The molecule has 0 saturated heterocycles. The van der Waals surface area contributed by atoms with Crippen LogP contribution < -0.4 is 0 Å². The first-order chi connectivity index (χ1) is 27.7. The first kappa shape index (κ1) is 31.6. The number of fused-ring (bicyclic) bond motifs is 8. The maximum atomic E-state index is 9.91. The van der Waals surface area contributed by atoms with Crippen molar-refractivity contribution in [2.75, 3.05) is 0 Å². The predicted octanol–water partition coefficient (Wildman–Crippen LogP) is 13.3. The van der Waals surface area contributed by atoms with E-state index >= 15 is 0 Å². The van der Waals surface area contributed by atoms with Gasteiger partial charge in [-0.2, -0.15) is 10.5 Å². The van der Waals surface area contributed by atoms with Crippen molar-refractivity contribution in [3.8, 4) is 45.8 Å². The van der Waals surface area contributed by atoms with Gasteiger partial charge in [-0.3, -0.25) is 0 Å². The number of para-hydroxylation sites is 4. The second-order valence-electron chi connectivity index (χ2n) is 14.3. The number of hydrogen-bond donors (Lipinski definition) is 0.